The summed E-state index contributed by atoms with van der Waals surface area (Å²) in [6.07, 6.45) is 1.86. The van der Waals surface area contributed by atoms with E-state index in [1.165, 1.54) is 11.3 Å². The number of amides is 2. The number of aromatic nitrogens is 2. The van der Waals surface area contributed by atoms with Gasteiger partial charge in [-0.15, -0.1) is 21.5 Å². The summed E-state index contributed by atoms with van der Waals surface area (Å²) in [5.41, 5.74) is 1.82. The van der Waals surface area contributed by atoms with Crippen molar-refractivity contribution >= 4 is 40.4 Å². The maximum Gasteiger partial charge on any atom is 0.265 e. The largest absolute Gasteiger partial charge is 0.419 e. The van der Waals surface area contributed by atoms with Crippen LogP contribution in [0.1, 0.15) is 38.8 Å². The fraction of sp³-hybridized carbons (Fsp3) is 0.167. The van der Waals surface area contributed by atoms with Gasteiger partial charge in [0.15, 0.2) is 0 Å². The van der Waals surface area contributed by atoms with Gasteiger partial charge < -0.3 is 14.6 Å². The molecule has 2 aromatic carbocycles. The molecule has 0 radical (unpaired) electrons. The van der Waals surface area contributed by atoms with Gasteiger partial charge in [0.1, 0.15) is 0 Å². The predicted molar refractivity (Wildman–Crippen MR) is 126 cm³/mol. The average Bonchev–Trinajstić information content (AvgIpc) is 3.31. The molecule has 0 aliphatic heterocycles. The van der Waals surface area contributed by atoms with Crippen LogP contribution in [0.5, 0.6) is 0 Å². The van der Waals surface area contributed by atoms with Gasteiger partial charge in [-0.05, 0) is 66.8 Å². The van der Waals surface area contributed by atoms with Gasteiger partial charge >= 0.3 is 0 Å². The molecule has 1 N–H and O–H groups in total. The van der Waals surface area contributed by atoms with Crippen molar-refractivity contribution in [2.75, 3.05) is 5.32 Å². The first-order chi connectivity index (χ1) is 16.1. The smallest absolute Gasteiger partial charge is 0.265 e. The van der Waals surface area contributed by atoms with Gasteiger partial charge in [-0.1, -0.05) is 23.7 Å². The number of hydrogen-bond donors (Lipinski definition) is 1. The summed E-state index contributed by atoms with van der Waals surface area (Å²) >= 11 is 7.30. The minimum Gasteiger partial charge on any atom is -0.419 e. The summed E-state index contributed by atoms with van der Waals surface area (Å²) < 4.78 is 5.81. The van der Waals surface area contributed by atoms with E-state index in [4.69, 9.17) is 16.0 Å². The van der Waals surface area contributed by atoms with Crippen LogP contribution in [0.15, 0.2) is 70.5 Å². The minimum atomic E-state index is -0.200. The summed E-state index contributed by atoms with van der Waals surface area (Å²) in [6, 6.07) is 17.8. The fourth-order valence-corrected chi connectivity index (χ4v) is 4.17. The molecular formula is C24H19ClN4O3S. The number of benzene rings is 2. The first kappa shape index (κ1) is 21.4. The Hall–Kier alpha value is -3.49. The molecule has 1 fully saturated rings. The van der Waals surface area contributed by atoms with Crippen molar-refractivity contribution in [3.05, 3.63) is 87.4 Å². The zero-order valence-electron chi connectivity index (χ0n) is 17.4. The Labute approximate surface area is 199 Å². The van der Waals surface area contributed by atoms with E-state index in [1.807, 2.05) is 11.4 Å². The fourth-order valence-electron chi connectivity index (χ4n) is 3.42. The number of rotatable bonds is 7. The highest BCUT2D eigenvalue weighted by molar-refractivity contribution is 7.12. The van der Waals surface area contributed by atoms with Crippen molar-refractivity contribution in [1.29, 1.82) is 0 Å². The zero-order chi connectivity index (χ0) is 22.8. The number of hydrogen-bond acceptors (Lipinski definition) is 6. The standard InChI is InChI=1S/C24H19ClN4O3S/c25-17-8-6-15(7-9-17)23-28-27-21(32-23)14-29(19-10-11-19)24(31)16-3-1-4-18(13-16)26-22(30)20-5-2-12-33-20/h1-9,12-13,19H,10-11,14H2,(H,26,30). The van der Waals surface area contributed by atoms with Gasteiger partial charge in [-0.2, -0.15) is 0 Å². The maximum atomic E-state index is 13.3. The van der Waals surface area contributed by atoms with Gasteiger partial charge in [0.25, 0.3) is 11.8 Å². The van der Waals surface area contributed by atoms with Gasteiger partial charge in [0.2, 0.25) is 11.8 Å². The van der Waals surface area contributed by atoms with Crippen molar-refractivity contribution in [2.24, 2.45) is 0 Å². The lowest BCUT2D eigenvalue weighted by Gasteiger charge is -2.21. The SMILES string of the molecule is O=C(Nc1cccc(C(=O)N(Cc2nnc(-c3ccc(Cl)cc3)o2)C2CC2)c1)c1cccs1. The van der Waals surface area contributed by atoms with Crippen LogP contribution in [0.2, 0.25) is 5.02 Å². The van der Waals surface area contributed by atoms with Gasteiger partial charge in [-0.25, -0.2) is 0 Å². The Bertz CT molecular complexity index is 1280. The van der Waals surface area contributed by atoms with Crippen molar-refractivity contribution in [1.82, 2.24) is 15.1 Å². The molecule has 7 nitrogen and oxygen atoms in total. The molecule has 33 heavy (non-hydrogen) atoms. The molecule has 5 rings (SSSR count). The van der Waals surface area contributed by atoms with Crippen LogP contribution in [0.25, 0.3) is 11.5 Å². The van der Waals surface area contributed by atoms with Crippen LogP contribution in [0.3, 0.4) is 0 Å². The van der Waals surface area contributed by atoms with E-state index in [1.54, 1.807) is 59.5 Å². The van der Waals surface area contributed by atoms with Crippen LogP contribution in [-0.2, 0) is 6.54 Å². The Balaban J connectivity index is 1.31. The van der Waals surface area contributed by atoms with Gasteiger partial charge in [-0.3, -0.25) is 9.59 Å². The van der Waals surface area contributed by atoms with E-state index < -0.39 is 0 Å². The highest BCUT2D eigenvalue weighted by Crippen LogP contribution is 2.31. The molecule has 0 spiro atoms. The number of nitrogens with one attached hydrogen (secondary N) is 1. The Morgan fingerprint density at radius 2 is 1.91 bits per heavy atom. The molecule has 0 atom stereocenters. The molecule has 166 valence electrons. The van der Waals surface area contributed by atoms with Crippen molar-refractivity contribution < 1.29 is 14.0 Å². The Kier molecular flexibility index (Phi) is 5.93. The lowest BCUT2D eigenvalue weighted by atomic mass is 10.1. The number of anilines is 1. The van der Waals surface area contributed by atoms with Crippen LogP contribution >= 0.6 is 22.9 Å². The highest BCUT2D eigenvalue weighted by atomic mass is 35.5. The van der Waals surface area contributed by atoms with Crippen LogP contribution in [0, 0.1) is 0 Å². The molecule has 2 aromatic heterocycles. The summed E-state index contributed by atoms with van der Waals surface area (Å²) in [6.45, 7) is 0.218. The van der Waals surface area contributed by atoms with E-state index in [0.29, 0.717) is 32.9 Å². The molecule has 0 unspecified atom stereocenters. The van der Waals surface area contributed by atoms with Crippen LogP contribution < -0.4 is 5.32 Å². The lowest BCUT2D eigenvalue weighted by Crippen LogP contribution is -2.32. The molecular weight excluding hydrogens is 460 g/mol. The van der Waals surface area contributed by atoms with Crippen molar-refractivity contribution in [3.8, 4) is 11.5 Å². The first-order valence-electron chi connectivity index (χ1n) is 10.4. The normalized spacial score (nSPS) is 13.0. The lowest BCUT2D eigenvalue weighted by molar-refractivity contribution is 0.0714. The Morgan fingerprint density at radius 1 is 1.09 bits per heavy atom. The van der Waals surface area contributed by atoms with E-state index in [-0.39, 0.29) is 24.4 Å². The van der Waals surface area contributed by atoms with E-state index >= 15 is 0 Å². The topological polar surface area (TPSA) is 88.3 Å². The zero-order valence-corrected chi connectivity index (χ0v) is 19.0. The minimum absolute atomic E-state index is 0.132. The monoisotopic (exact) mass is 478 g/mol. The van der Waals surface area contributed by atoms with E-state index in [2.05, 4.69) is 15.5 Å². The summed E-state index contributed by atoms with van der Waals surface area (Å²) in [7, 11) is 0. The third kappa shape index (κ3) is 4.97. The van der Waals surface area contributed by atoms with Crippen LogP contribution in [0.4, 0.5) is 5.69 Å². The predicted octanol–water partition coefficient (Wildman–Crippen LogP) is 5.51. The quantitative estimate of drug-likeness (QED) is 0.378. The molecule has 1 aliphatic rings. The molecule has 1 aliphatic carbocycles. The second kappa shape index (κ2) is 9.17. The second-order valence-corrected chi connectivity index (χ2v) is 9.07. The van der Waals surface area contributed by atoms with Crippen molar-refractivity contribution in [2.45, 2.75) is 25.4 Å². The van der Waals surface area contributed by atoms with E-state index in [0.717, 1.165) is 18.4 Å². The summed E-state index contributed by atoms with van der Waals surface area (Å²) in [5, 5.41) is 13.6. The Morgan fingerprint density at radius 3 is 2.64 bits per heavy atom. The van der Waals surface area contributed by atoms with Crippen LogP contribution in [-0.4, -0.2) is 33.0 Å². The number of carbonyl (C=O) groups excluding carboxylic acids is 2. The summed E-state index contributed by atoms with van der Waals surface area (Å²) in [5.74, 6) is 0.399. The molecule has 2 amide bonds. The molecule has 1 saturated carbocycles. The third-order valence-corrected chi connectivity index (χ3v) is 6.35. The number of halogens is 1. The molecule has 9 heteroatoms. The van der Waals surface area contributed by atoms with E-state index in [9.17, 15) is 9.59 Å². The second-order valence-electron chi connectivity index (χ2n) is 7.68. The molecule has 0 saturated heterocycles. The third-order valence-electron chi connectivity index (χ3n) is 5.22. The average molecular weight is 479 g/mol. The first-order valence-corrected chi connectivity index (χ1v) is 11.7. The molecule has 4 aromatic rings. The maximum absolute atomic E-state index is 13.3. The number of nitrogens with zero attached hydrogens (tertiary/aromatic N) is 3. The summed E-state index contributed by atoms with van der Waals surface area (Å²) in [4.78, 5) is 28.0. The molecule has 2 heterocycles. The van der Waals surface area contributed by atoms with Gasteiger partial charge in [0, 0.05) is 27.9 Å². The highest BCUT2D eigenvalue weighted by Gasteiger charge is 2.34. The number of thiophene rings is 1. The van der Waals surface area contributed by atoms with Crippen molar-refractivity contribution in [3.63, 3.8) is 0 Å². The van der Waals surface area contributed by atoms with Gasteiger partial charge in [0.05, 0.1) is 11.4 Å². The molecule has 0 bridgehead atoms. The number of carbonyl (C=O) groups is 2.